The van der Waals surface area contributed by atoms with Crippen LogP contribution < -0.4 is 0 Å². The molecule has 3 nitrogen and oxygen atoms in total. The van der Waals surface area contributed by atoms with Crippen LogP contribution in [0.2, 0.25) is 0 Å². The Morgan fingerprint density at radius 3 is 2.45 bits per heavy atom. The summed E-state index contributed by atoms with van der Waals surface area (Å²) in [5.74, 6) is 0.615. The van der Waals surface area contributed by atoms with Gasteiger partial charge in [-0.05, 0) is 12.1 Å². The molecule has 0 aliphatic rings. The summed E-state index contributed by atoms with van der Waals surface area (Å²) >= 11 is 0. The number of halogens is 1. The summed E-state index contributed by atoms with van der Waals surface area (Å²) in [6.07, 6.45) is 0.659. The number of aryl methyl sites for hydroxylation is 1. The molecule has 0 radical (unpaired) electrons. The third-order valence-corrected chi connectivity index (χ3v) is 2.38. The molecule has 5 heteroatoms. The van der Waals surface area contributed by atoms with Crippen LogP contribution >= 0.6 is 10.7 Å². The standard InChI is InChI=1S/C6H7ClO3S/c1-2-5-3-4-6(10-5)11(7,8)9/h3-4H,2H2,1H3. The Morgan fingerprint density at radius 2 is 2.18 bits per heavy atom. The van der Waals surface area contributed by atoms with E-state index in [2.05, 4.69) is 0 Å². The SMILES string of the molecule is CCc1ccc(S(=O)(=O)Cl)o1. The first-order chi connectivity index (χ1) is 5.04. The van der Waals surface area contributed by atoms with E-state index in [-0.39, 0.29) is 5.09 Å². The van der Waals surface area contributed by atoms with Crippen LogP contribution in [0.25, 0.3) is 0 Å². The highest BCUT2D eigenvalue weighted by Gasteiger charge is 2.13. The summed E-state index contributed by atoms with van der Waals surface area (Å²) in [7, 11) is 1.32. The highest BCUT2D eigenvalue weighted by molar-refractivity contribution is 8.13. The van der Waals surface area contributed by atoms with E-state index in [1.165, 1.54) is 6.07 Å². The van der Waals surface area contributed by atoms with Gasteiger partial charge in [0.15, 0.2) is 0 Å². The molecule has 0 saturated heterocycles. The minimum atomic E-state index is -3.69. The Bertz CT molecular complexity index is 338. The molecule has 11 heavy (non-hydrogen) atoms. The van der Waals surface area contributed by atoms with Crippen molar-refractivity contribution in [2.75, 3.05) is 0 Å². The van der Waals surface area contributed by atoms with Crippen molar-refractivity contribution in [2.45, 2.75) is 18.4 Å². The lowest BCUT2D eigenvalue weighted by Gasteiger charge is -1.87. The summed E-state index contributed by atoms with van der Waals surface area (Å²) in [5.41, 5.74) is 0. The largest absolute Gasteiger partial charge is 0.448 e. The van der Waals surface area contributed by atoms with E-state index in [1.54, 1.807) is 6.07 Å². The lowest BCUT2D eigenvalue weighted by molar-refractivity contribution is 0.421. The number of hydrogen-bond acceptors (Lipinski definition) is 3. The zero-order valence-corrected chi connectivity index (χ0v) is 7.45. The molecule has 0 unspecified atom stereocenters. The predicted octanol–water partition coefficient (Wildman–Crippen LogP) is 1.77. The fraction of sp³-hybridized carbons (Fsp3) is 0.333. The maximum Gasteiger partial charge on any atom is 0.294 e. The van der Waals surface area contributed by atoms with Crippen molar-refractivity contribution in [3.05, 3.63) is 17.9 Å². The Hall–Kier alpha value is -0.480. The number of furan rings is 1. The van der Waals surface area contributed by atoms with E-state index in [4.69, 9.17) is 15.1 Å². The fourth-order valence-corrected chi connectivity index (χ4v) is 1.37. The summed E-state index contributed by atoms with van der Waals surface area (Å²) in [5, 5.41) is -0.184. The van der Waals surface area contributed by atoms with E-state index in [0.717, 1.165) is 0 Å². The van der Waals surface area contributed by atoms with Crippen LogP contribution in [0.3, 0.4) is 0 Å². The molecule has 1 aromatic heterocycles. The third kappa shape index (κ3) is 1.97. The molecule has 62 valence electrons. The van der Waals surface area contributed by atoms with Gasteiger partial charge in [0, 0.05) is 17.1 Å². The van der Waals surface area contributed by atoms with Crippen molar-refractivity contribution in [3.63, 3.8) is 0 Å². The first-order valence-electron chi connectivity index (χ1n) is 3.07. The average molecular weight is 195 g/mol. The van der Waals surface area contributed by atoms with Gasteiger partial charge >= 0.3 is 0 Å². The van der Waals surface area contributed by atoms with E-state index < -0.39 is 9.05 Å². The van der Waals surface area contributed by atoms with Crippen molar-refractivity contribution >= 4 is 19.7 Å². The molecule has 0 aliphatic carbocycles. The molecule has 0 amide bonds. The van der Waals surface area contributed by atoms with Crippen LogP contribution in [0.5, 0.6) is 0 Å². The van der Waals surface area contributed by atoms with Gasteiger partial charge in [-0.3, -0.25) is 0 Å². The van der Waals surface area contributed by atoms with Gasteiger partial charge in [-0.1, -0.05) is 6.92 Å². The van der Waals surface area contributed by atoms with Crippen LogP contribution in [-0.2, 0) is 15.5 Å². The van der Waals surface area contributed by atoms with Gasteiger partial charge in [-0.15, -0.1) is 0 Å². The van der Waals surface area contributed by atoms with Gasteiger partial charge in [0.25, 0.3) is 9.05 Å². The second-order valence-electron chi connectivity index (χ2n) is 2.01. The number of rotatable bonds is 2. The van der Waals surface area contributed by atoms with E-state index in [9.17, 15) is 8.42 Å². The maximum absolute atomic E-state index is 10.6. The van der Waals surface area contributed by atoms with E-state index >= 15 is 0 Å². The zero-order chi connectivity index (χ0) is 8.48. The predicted molar refractivity (Wildman–Crippen MR) is 41.1 cm³/mol. The van der Waals surface area contributed by atoms with Gasteiger partial charge in [-0.2, -0.15) is 0 Å². The van der Waals surface area contributed by atoms with Gasteiger partial charge in [0.2, 0.25) is 5.09 Å². The maximum atomic E-state index is 10.6. The molecule has 1 rings (SSSR count). The minimum Gasteiger partial charge on any atom is -0.448 e. The molecule has 0 atom stereocenters. The Balaban J connectivity index is 3.09. The molecule has 0 bridgehead atoms. The Labute approximate surface area is 69.4 Å². The molecule has 0 spiro atoms. The summed E-state index contributed by atoms with van der Waals surface area (Å²) in [4.78, 5) is 0. The molecule has 0 aromatic carbocycles. The smallest absolute Gasteiger partial charge is 0.294 e. The van der Waals surface area contributed by atoms with Crippen molar-refractivity contribution in [2.24, 2.45) is 0 Å². The highest BCUT2D eigenvalue weighted by Crippen LogP contribution is 2.17. The van der Waals surface area contributed by atoms with E-state index in [1.807, 2.05) is 6.92 Å². The quantitative estimate of drug-likeness (QED) is 0.675. The fourth-order valence-electron chi connectivity index (χ4n) is 0.679. The van der Waals surface area contributed by atoms with Crippen LogP contribution in [0.4, 0.5) is 0 Å². The van der Waals surface area contributed by atoms with Crippen molar-refractivity contribution in [1.82, 2.24) is 0 Å². The van der Waals surface area contributed by atoms with Crippen LogP contribution in [0.15, 0.2) is 21.6 Å². The molecule has 0 saturated carbocycles. The van der Waals surface area contributed by atoms with Crippen LogP contribution in [-0.4, -0.2) is 8.42 Å². The Morgan fingerprint density at radius 1 is 1.55 bits per heavy atom. The first-order valence-corrected chi connectivity index (χ1v) is 5.38. The van der Waals surface area contributed by atoms with Gasteiger partial charge in [0.1, 0.15) is 5.76 Å². The third-order valence-electron chi connectivity index (χ3n) is 1.23. The average Bonchev–Trinajstić information content (AvgIpc) is 2.32. The number of hydrogen-bond donors (Lipinski definition) is 0. The van der Waals surface area contributed by atoms with Crippen LogP contribution in [0, 0.1) is 0 Å². The van der Waals surface area contributed by atoms with Crippen molar-refractivity contribution in [3.8, 4) is 0 Å². The van der Waals surface area contributed by atoms with E-state index in [0.29, 0.717) is 12.2 Å². The van der Waals surface area contributed by atoms with Crippen LogP contribution in [0.1, 0.15) is 12.7 Å². The van der Waals surface area contributed by atoms with Gasteiger partial charge < -0.3 is 4.42 Å². The summed E-state index contributed by atoms with van der Waals surface area (Å²) in [6.45, 7) is 1.86. The molecule has 0 fully saturated rings. The lowest BCUT2D eigenvalue weighted by Crippen LogP contribution is -1.85. The zero-order valence-electron chi connectivity index (χ0n) is 5.87. The molecule has 0 aliphatic heterocycles. The minimum absolute atomic E-state index is 0.184. The molecular formula is C6H7ClO3S. The second-order valence-corrected chi connectivity index (χ2v) is 4.51. The highest BCUT2D eigenvalue weighted by atomic mass is 35.7. The normalized spacial score (nSPS) is 11.8. The lowest BCUT2D eigenvalue weighted by atomic mass is 10.4. The summed E-state index contributed by atoms with van der Waals surface area (Å²) < 4.78 is 26.1. The monoisotopic (exact) mass is 194 g/mol. The molecule has 1 aromatic rings. The topological polar surface area (TPSA) is 47.3 Å². The summed E-state index contributed by atoms with van der Waals surface area (Å²) in [6, 6.07) is 2.94. The second kappa shape index (κ2) is 2.87. The molecule has 1 heterocycles. The Kier molecular flexibility index (Phi) is 2.25. The first kappa shape index (κ1) is 8.62. The molecule has 0 N–H and O–H groups in total. The molecular weight excluding hydrogens is 188 g/mol. The van der Waals surface area contributed by atoms with Crippen molar-refractivity contribution < 1.29 is 12.8 Å². The van der Waals surface area contributed by atoms with Crippen molar-refractivity contribution in [1.29, 1.82) is 0 Å². The van der Waals surface area contributed by atoms with Gasteiger partial charge in [0.05, 0.1) is 0 Å². The van der Waals surface area contributed by atoms with Gasteiger partial charge in [-0.25, -0.2) is 8.42 Å².